The van der Waals surface area contributed by atoms with Crippen molar-refractivity contribution in [2.24, 2.45) is 0 Å². The predicted octanol–water partition coefficient (Wildman–Crippen LogP) is 2.17. The number of para-hydroxylation sites is 1. The lowest BCUT2D eigenvalue weighted by atomic mass is 10.0. The number of thioether (sulfide) groups is 1. The van der Waals surface area contributed by atoms with Crippen molar-refractivity contribution in [3.05, 3.63) is 35.8 Å². The van der Waals surface area contributed by atoms with Crippen LogP contribution in [0.1, 0.15) is 17.0 Å². The van der Waals surface area contributed by atoms with Crippen molar-refractivity contribution in [1.29, 1.82) is 0 Å². The highest BCUT2D eigenvalue weighted by Gasteiger charge is 2.32. The summed E-state index contributed by atoms with van der Waals surface area (Å²) in [6, 6.07) is 6.03. The van der Waals surface area contributed by atoms with Gasteiger partial charge in [0.05, 0.1) is 5.60 Å². The van der Waals surface area contributed by atoms with Gasteiger partial charge < -0.3 is 14.8 Å². The molecule has 106 valence electrons. The molecule has 1 amide bonds. The normalized spacial score (nSPS) is 22.3. The number of aliphatic hydroxyl groups is 1. The molecule has 0 spiro atoms. The van der Waals surface area contributed by atoms with Crippen molar-refractivity contribution in [3.63, 3.8) is 0 Å². The molecule has 0 bridgehead atoms. The molecule has 1 unspecified atom stereocenters. The lowest BCUT2D eigenvalue weighted by molar-refractivity contribution is 0.0603. The van der Waals surface area contributed by atoms with E-state index >= 15 is 0 Å². The minimum absolute atomic E-state index is 0.0550. The van der Waals surface area contributed by atoms with Crippen LogP contribution >= 0.6 is 11.8 Å². The van der Waals surface area contributed by atoms with E-state index in [2.05, 4.69) is 5.32 Å². The van der Waals surface area contributed by atoms with Crippen LogP contribution in [0.2, 0.25) is 0 Å². The van der Waals surface area contributed by atoms with E-state index in [0.717, 1.165) is 5.75 Å². The number of halogens is 1. The first kappa shape index (κ1) is 13.5. The highest BCUT2D eigenvalue weighted by atomic mass is 32.2. The van der Waals surface area contributed by atoms with E-state index < -0.39 is 17.3 Å². The summed E-state index contributed by atoms with van der Waals surface area (Å²) >= 11 is 1.66. The second-order valence-electron chi connectivity index (χ2n) is 4.98. The smallest absolute Gasteiger partial charge is 0.287 e. The molecule has 1 saturated heterocycles. The van der Waals surface area contributed by atoms with Crippen LogP contribution in [0.5, 0.6) is 0 Å². The Kier molecular flexibility index (Phi) is 3.43. The van der Waals surface area contributed by atoms with Crippen LogP contribution in [0.4, 0.5) is 4.39 Å². The fraction of sp³-hybridized carbons (Fsp3) is 0.357. The molecule has 0 radical (unpaired) electrons. The van der Waals surface area contributed by atoms with E-state index in [1.54, 1.807) is 23.9 Å². The topological polar surface area (TPSA) is 62.5 Å². The summed E-state index contributed by atoms with van der Waals surface area (Å²) in [6.45, 7) is 0.179. The van der Waals surface area contributed by atoms with Crippen molar-refractivity contribution >= 4 is 28.6 Å². The molecule has 1 aromatic carbocycles. The Balaban J connectivity index is 1.74. The monoisotopic (exact) mass is 295 g/mol. The maximum Gasteiger partial charge on any atom is 0.287 e. The molecular formula is C14H14FNO3S. The van der Waals surface area contributed by atoms with Crippen LogP contribution in [-0.4, -0.2) is 34.7 Å². The number of hydrogen-bond acceptors (Lipinski definition) is 4. The third-order valence-electron chi connectivity index (χ3n) is 3.38. The van der Waals surface area contributed by atoms with Crippen LogP contribution in [0.3, 0.4) is 0 Å². The molecule has 2 heterocycles. The van der Waals surface area contributed by atoms with Crippen molar-refractivity contribution in [2.45, 2.75) is 12.0 Å². The molecule has 2 N–H and O–H groups in total. The molecule has 0 aliphatic carbocycles. The number of carbonyl (C=O) groups excluding carboxylic acids is 1. The van der Waals surface area contributed by atoms with E-state index in [1.165, 1.54) is 12.1 Å². The number of furan rings is 1. The zero-order chi connectivity index (χ0) is 14.2. The van der Waals surface area contributed by atoms with Gasteiger partial charge in [-0.15, -0.1) is 0 Å². The van der Waals surface area contributed by atoms with Crippen LogP contribution in [0.25, 0.3) is 11.0 Å². The number of benzene rings is 1. The van der Waals surface area contributed by atoms with Crippen LogP contribution in [0, 0.1) is 5.82 Å². The minimum atomic E-state index is -0.850. The number of hydrogen-bond donors (Lipinski definition) is 2. The summed E-state index contributed by atoms with van der Waals surface area (Å²) in [5, 5.41) is 13.3. The molecule has 1 fully saturated rings. The Bertz CT molecular complexity index is 649. The number of amides is 1. The number of rotatable bonds is 3. The molecule has 1 aliphatic heterocycles. The fourth-order valence-electron chi connectivity index (χ4n) is 2.21. The van der Waals surface area contributed by atoms with Gasteiger partial charge in [0.1, 0.15) is 0 Å². The molecule has 1 aromatic heterocycles. The molecular weight excluding hydrogens is 281 g/mol. The van der Waals surface area contributed by atoms with Gasteiger partial charge >= 0.3 is 0 Å². The quantitative estimate of drug-likeness (QED) is 0.911. The summed E-state index contributed by atoms with van der Waals surface area (Å²) in [5.74, 6) is 0.627. The summed E-state index contributed by atoms with van der Waals surface area (Å²) in [7, 11) is 0. The number of fused-ring (bicyclic) bond motifs is 1. The number of carbonyl (C=O) groups is 1. The lowest BCUT2D eigenvalue weighted by Gasteiger charge is -2.20. The van der Waals surface area contributed by atoms with E-state index in [9.17, 15) is 14.3 Å². The SMILES string of the molecule is O=C(NCC1(O)CCSC1)c1cc2cccc(F)c2o1. The zero-order valence-electron chi connectivity index (χ0n) is 10.7. The van der Waals surface area contributed by atoms with Crippen molar-refractivity contribution in [1.82, 2.24) is 5.32 Å². The summed E-state index contributed by atoms with van der Waals surface area (Å²) < 4.78 is 18.7. The molecule has 6 heteroatoms. The lowest BCUT2D eigenvalue weighted by Crippen LogP contribution is -2.42. The van der Waals surface area contributed by atoms with E-state index in [0.29, 0.717) is 17.6 Å². The van der Waals surface area contributed by atoms with Crippen LogP contribution < -0.4 is 5.32 Å². The average molecular weight is 295 g/mol. The van der Waals surface area contributed by atoms with Crippen molar-refractivity contribution in [2.75, 3.05) is 18.1 Å². The van der Waals surface area contributed by atoms with Gasteiger partial charge in [-0.25, -0.2) is 4.39 Å². The average Bonchev–Trinajstić information content (AvgIpc) is 3.04. The summed E-state index contributed by atoms with van der Waals surface area (Å²) in [4.78, 5) is 12.0. The van der Waals surface area contributed by atoms with E-state index in [1.807, 2.05) is 0 Å². The standard InChI is InChI=1S/C14H14FNO3S/c15-10-3-1-2-9-6-11(19-12(9)10)13(17)16-7-14(18)4-5-20-8-14/h1-3,6,18H,4-5,7-8H2,(H,16,17). The third kappa shape index (κ3) is 2.53. The first-order chi connectivity index (χ1) is 9.57. The molecule has 2 aromatic rings. The van der Waals surface area contributed by atoms with E-state index in [4.69, 9.17) is 4.42 Å². The summed E-state index contributed by atoms with van der Waals surface area (Å²) in [6.07, 6.45) is 0.659. The first-order valence-electron chi connectivity index (χ1n) is 6.34. The minimum Gasteiger partial charge on any atom is -0.448 e. The highest BCUT2D eigenvalue weighted by Crippen LogP contribution is 2.27. The maximum atomic E-state index is 13.5. The Labute approximate surface area is 119 Å². The van der Waals surface area contributed by atoms with Gasteiger partial charge in [-0.05, 0) is 24.3 Å². The van der Waals surface area contributed by atoms with Crippen molar-refractivity contribution in [3.8, 4) is 0 Å². The first-order valence-corrected chi connectivity index (χ1v) is 7.49. The van der Waals surface area contributed by atoms with E-state index in [-0.39, 0.29) is 17.9 Å². The second-order valence-corrected chi connectivity index (χ2v) is 6.08. The Hall–Kier alpha value is -1.53. The zero-order valence-corrected chi connectivity index (χ0v) is 11.5. The van der Waals surface area contributed by atoms with Gasteiger partial charge in [-0.3, -0.25) is 4.79 Å². The molecule has 1 aliphatic rings. The van der Waals surface area contributed by atoms with Gasteiger partial charge in [-0.1, -0.05) is 12.1 Å². The largest absolute Gasteiger partial charge is 0.448 e. The van der Waals surface area contributed by atoms with Gasteiger partial charge in [0.2, 0.25) is 0 Å². The maximum absolute atomic E-state index is 13.5. The molecule has 20 heavy (non-hydrogen) atoms. The Morgan fingerprint density at radius 3 is 3.10 bits per heavy atom. The van der Waals surface area contributed by atoms with Crippen LogP contribution in [-0.2, 0) is 0 Å². The third-order valence-corrected chi connectivity index (χ3v) is 4.61. The Morgan fingerprint density at radius 2 is 2.40 bits per heavy atom. The fourth-order valence-corrected chi connectivity index (χ4v) is 3.50. The second kappa shape index (κ2) is 5.10. The molecule has 4 nitrogen and oxygen atoms in total. The Morgan fingerprint density at radius 1 is 1.55 bits per heavy atom. The van der Waals surface area contributed by atoms with Gasteiger partial charge in [0.15, 0.2) is 17.2 Å². The van der Waals surface area contributed by atoms with Gasteiger partial charge in [0.25, 0.3) is 5.91 Å². The predicted molar refractivity (Wildman–Crippen MR) is 75.4 cm³/mol. The number of nitrogens with one attached hydrogen (secondary N) is 1. The van der Waals surface area contributed by atoms with Gasteiger partial charge in [0, 0.05) is 17.7 Å². The molecule has 1 atom stereocenters. The molecule has 0 saturated carbocycles. The van der Waals surface area contributed by atoms with Crippen molar-refractivity contribution < 1.29 is 18.7 Å². The van der Waals surface area contributed by atoms with Gasteiger partial charge in [-0.2, -0.15) is 11.8 Å². The highest BCUT2D eigenvalue weighted by molar-refractivity contribution is 7.99. The summed E-state index contributed by atoms with van der Waals surface area (Å²) in [5.41, 5.74) is -0.773. The van der Waals surface area contributed by atoms with Crippen LogP contribution in [0.15, 0.2) is 28.7 Å². The molecule has 3 rings (SSSR count).